The molecule has 0 spiro atoms. The van der Waals surface area contributed by atoms with Crippen molar-refractivity contribution in [2.24, 2.45) is 0 Å². The number of methoxy groups -OCH3 is 2. The number of amides is 1. The van der Waals surface area contributed by atoms with Gasteiger partial charge in [0.25, 0.3) is 5.91 Å². The fourth-order valence-corrected chi connectivity index (χ4v) is 1.91. The highest BCUT2D eigenvalue weighted by molar-refractivity contribution is 5.95. The fraction of sp³-hybridized carbons (Fsp3) is 0.467. The molecule has 1 rings (SSSR count). The summed E-state index contributed by atoms with van der Waals surface area (Å²) in [6.07, 6.45) is 0.197. The van der Waals surface area contributed by atoms with Crippen molar-refractivity contribution in [1.29, 1.82) is 0 Å². The second-order valence-corrected chi connectivity index (χ2v) is 4.30. The molecule has 5 nitrogen and oxygen atoms in total. The van der Waals surface area contributed by atoms with Gasteiger partial charge in [-0.25, -0.2) is 0 Å². The van der Waals surface area contributed by atoms with Crippen LogP contribution in [-0.4, -0.2) is 44.1 Å². The predicted molar refractivity (Wildman–Crippen MR) is 75.4 cm³/mol. The second kappa shape index (κ2) is 8.32. The maximum absolute atomic E-state index is 12.5. The Hall–Kier alpha value is -1.88. The highest BCUT2D eigenvalue weighted by Gasteiger charge is 2.18. The van der Waals surface area contributed by atoms with Crippen LogP contribution < -0.4 is 0 Å². The molecule has 0 saturated carbocycles. The van der Waals surface area contributed by atoms with E-state index in [0.29, 0.717) is 25.3 Å². The van der Waals surface area contributed by atoms with E-state index in [1.54, 1.807) is 18.1 Å². The van der Waals surface area contributed by atoms with E-state index in [-0.39, 0.29) is 18.3 Å². The van der Waals surface area contributed by atoms with Crippen molar-refractivity contribution in [2.75, 3.05) is 27.3 Å². The predicted octanol–water partition coefficient (Wildman–Crippen LogP) is 1.86. The van der Waals surface area contributed by atoms with Gasteiger partial charge in [-0.1, -0.05) is 18.2 Å². The van der Waals surface area contributed by atoms with Crippen LogP contribution in [0.15, 0.2) is 24.3 Å². The molecular formula is C15H21NO4. The van der Waals surface area contributed by atoms with E-state index in [4.69, 9.17) is 4.74 Å². The van der Waals surface area contributed by atoms with Gasteiger partial charge in [-0.3, -0.25) is 9.59 Å². The Labute approximate surface area is 119 Å². The molecule has 110 valence electrons. The van der Waals surface area contributed by atoms with Crippen LogP contribution >= 0.6 is 0 Å². The smallest absolute Gasteiger partial charge is 0.307 e. The lowest BCUT2D eigenvalue weighted by Crippen LogP contribution is -2.33. The summed E-state index contributed by atoms with van der Waals surface area (Å²) in [6.45, 7) is 3.16. The van der Waals surface area contributed by atoms with Gasteiger partial charge in [-0.2, -0.15) is 0 Å². The monoisotopic (exact) mass is 279 g/mol. The zero-order chi connectivity index (χ0) is 15.0. The van der Waals surface area contributed by atoms with E-state index < -0.39 is 0 Å². The third-order valence-corrected chi connectivity index (χ3v) is 3.03. The number of carbonyl (C=O) groups is 2. The minimum atomic E-state index is -0.318. The van der Waals surface area contributed by atoms with E-state index in [1.807, 2.05) is 25.1 Å². The molecule has 0 heterocycles. The van der Waals surface area contributed by atoms with Gasteiger partial charge >= 0.3 is 5.97 Å². The molecule has 0 aromatic heterocycles. The molecule has 0 aliphatic rings. The average molecular weight is 279 g/mol. The zero-order valence-electron chi connectivity index (χ0n) is 12.2. The fourth-order valence-electron chi connectivity index (χ4n) is 1.91. The average Bonchev–Trinajstić information content (AvgIpc) is 2.48. The molecule has 0 aliphatic carbocycles. The number of rotatable bonds is 7. The van der Waals surface area contributed by atoms with E-state index in [0.717, 1.165) is 5.56 Å². The Balaban J connectivity index is 2.82. The molecule has 5 heteroatoms. The first-order chi connectivity index (χ1) is 9.63. The maximum atomic E-state index is 12.5. The van der Waals surface area contributed by atoms with Crippen LogP contribution in [0.5, 0.6) is 0 Å². The molecule has 0 unspecified atom stereocenters. The van der Waals surface area contributed by atoms with Gasteiger partial charge in [0.15, 0.2) is 0 Å². The quantitative estimate of drug-likeness (QED) is 0.715. The van der Waals surface area contributed by atoms with E-state index in [2.05, 4.69) is 4.74 Å². The molecule has 0 fully saturated rings. The summed E-state index contributed by atoms with van der Waals surface area (Å²) in [5, 5.41) is 0. The number of nitrogens with zero attached hydrogens (tertiary/aromatic N) is 1. The van der Waals surface area contributed by atoms with Gasteiger partial charge in [0.1, 0.15) is 0 Å². The van der Waals surface area contributed by atoms with E-state index >= 15 is 0 Å². The van der Waals surface area contributed by atoms with Gasteiger partial charge in [0.05, 0.1) is 20.1 Å². The third kappa shape index (κ3) is 4.35. The van der Waals surface area contributed by atoms with E-state index in [1.165, 1.54) is 7.11 Å². The van der Waals surface area contributed by atoms with Gasteiger partial charge in [-0.15, -0.1) is 0 Å². The minimum absolute atomic E-state index is 0.0935. The molecule has 1 amide bonds. The van der Waals surface area contributed by atoms with Gasteiger partial charge in [0, 0.05) is 25.8 Å². The van der Waals surface area contributed by atoms with Crippen LogP contribution in [-0.2, 0) is 20.9 Å². The topological polar surface area (TPSA) is 55.8 Å². The summed E-state index contributed by atoms with van der Waals surface area (Å²) in [4.78, 5) is 25.3. The molecule has 0 bridgehead atoms. The molecular weight excluding hydrogens is 258 g/mol. The number of ether oxygens (including phenoxy) is 2. The summed E-state index contributed by atoms with van der Waals surface area (Å²) in [7, 11) is 2.93. The highest BCUT2D eigenvalue weighted by Crippen LogP contribution is 2.13. The molecule has 0 aliphatic heterocycles. The molecule has 0 saturated heterocycles. The summed E-state index contributed by atoms with van der Waals surface area (Å²) in [5.41, 5.74) is 1.46. The Kier molecular flexibility index (Phi) is 6.73. The highest BCUT2D eigenvalue weighted by atomic mass is 16.5. The minimum Gasteiger partial charge on any atom is -0.469 e. The summed E-state index contributed by atoms with van der Waals surface area (Å²) >= 11 is 0. The summed E-state index contributed by atoms with van der Waals surface area (Å²) in [5.74, 6) is -0.412. The van der Waals surface area contributed by atoms with Gasteiger partial charge < -0.3 is 14.4 Å². The number of benzene rings is 1. The van der Waals surface area contributed by atoms with E-state index in [9.17, 15) is 9.59 Å². The summed E-state index contributed by atoms with van der Waals surface area (Å²) in [6, 6.07) is 7.33. The van der Waals surface area contributed by atoms with Crippen molar-refractivity contribution in [3.05, 3.63) is 35.4 Å². The van der Waals surface area contributed by atoms with Crippen molar-refractivity contribution < 1.29 is 19.1 Å². The molecule has 0 atom stereocenters. The lowest BCUT2D eigenvalue weighted by atomic mass is 10.1. The Morgan fingerprint density at radius 3 is 2.50 bits per heavy atom. The maximum Gasteiger partial charge on any atom is 0.307 e. The first kappa shape index (κ1) is 16.2. The molecule has 1 aromatic rings. The number of hydrogen-bond acceptors (Lipinski definition) is 4. The van der Waals surface area contributed by atoms with Crippen molar-refractivity contribution in [2.45, 2.75) is 20.0 Å². The van der Waals surface area contributed by atoms with Gasteiger partial charge in [-0.05, 0) is 18.6 Å². The molecule has 0 N–H and O–H groups in total. The Bertz CT molecular complexity index is 459. The lowest BCUT2D eigenvalue weighted by molar-refractivity contribution is -0.140. The largest absolute Gasteiger partial charge is 0.469 e. The van der Waals surface area contributed by atoms with Crippen LogP contribution in [0.1, 0.15) is 29.3 Å². The lowest BCUT2D eigenvalue weighted by Gasteiger charge is -2.21. The van der Waals surface area contributed by atoms with Crippen LogP contribution in [0.3, 0.4) is 0 Å². The SMILES string of the molecule is CCN(CCC(=O)OC)C(=O)c1ccccc1COC. The first-order valence-corrected chi connectivity index (χ1v) is 6.57. The zero-order valence-corrected chi connectivity index (χ0v) is 12.2. The van der Waals surface area contributed by atoms with Crippen molar-refractivity contribution in [3.63, 3.8) is 0 Å². The van der Waals surface area contributed by atoms with Crippen molar-refractivity contribution in [1.82, 2.24) is 4.90 Å². The summed E-state index contributed by atoms with van der Waals surface area (Å²) < 4.78 is 9.70. The Morgan fingerprint density at radius 2 is 1.90 bits per heavy atom. The van der Waals surface area contributed by atoms with Crippen molar-refractivity contribution >= 4 is 11.9 Å². The van der Waals surface area contributed by atoms with Crippen LogP contribution in [0.25, 0.3) is 0 Å². The first-order valence-electron chi connectivity index (χ1n) is 6.57. The van der Waals surface area contributed by atoms with Gasteiger partial charge in [0.2, 0.25) is 0 Å². The van der Waals surface area contributed by atoms with Crippen LogP contribution in [0, 0.1) is 0 Å². The number of esters is 1. The van der Waals surface area contributed by atoms with Crippen molar-refractivity contribution in [3.8, 4) is 0 Å². The molecule has 20 heavy (non-hydrogen) atoms. The van der Waals surface area contributed by atoms with Crippen LogP contribution in [0.2, 0.25) is 0 Å². The number of hydrogen-bond donors (Lipinski definition) is 0. The normalized spacial score (nSPS) is 10.2. The standard InChI is InChI=1S/C15H21NO4/c1-4-16(10-9-14(17)20-3)15(18)13-8-6-5-7-12(13)11-19-2/h5-8H,4,9-11H2,1-3H3. The molecule has 0 radical (unpaired) electrons. The number of carbonyl (C=O) groups excluding carboxylic acids is 2. The van der Waals surface area contributed by atoms with Crippen LogP contribution in [0.4, 0.5) is 0 Å². The Morgan fingerprint density at radius 1 is 1.20 bits per heavy atom. The molecule has 1 aromatic carbocycles. The second-order valence-electron chi connectivity index (χ2n) is 4.30. The third-order valence-electron chi connectivity index (χ3n) is 3.03.